The van der Waals surface area contributed by atoms with E-state index in [0.717, 1.165) is 28.2 Å². The summed E-state index contributed by atoms with van der Waals surface area (Å²) in [6.07, 6.45) is 0. The van der Waals surface area contributed by atoms with E-state index in [1.54, 1.807) is 37.4 Å². The van der Waals surface area contributed by atoms with Crippen LogP contribution in [0, 0.1) is 6.92 Å². The Morgan fingerprint density at radius 1 is 1.15 bits per heavy atom. The Morgan fingerprint density at radius 3 is 2.65 bits per heavy atom. The van der Waals surface area contributed by atoms with E-state index in [0.29, 0.717) is 16.9 Å². The minimum Gasteiger partial charge on any atom is -0.497 e. The normalized spacial score (nSPS) is 10.7. The molecular formula is C20H20N2O3S. The van der Waals surface area contributed by atoms with Gasteiger partial charge in [-0.3, -0.25) is 9.59 Å². The highest BCUT2D eigenvalue weighted by atomic mass is 32.2. The number of methoxy groups -OCH3 is 1. The Hall–Kier alpha value is -2.73. The van der Waals surface area contributed by atoms with Gasteiger partial charge in [-0.1, -0.05) is 6.07 Å². The third-order valence-corrected chi connectivity index (χ3v) is 4.89. The lowest BCUT2D eigenvalue weighted by atomic mass is 10.1. The van der Waals surface area contributed by atoms with Gasteiger partial charge in [-0.15, -0.1) is 11.8 Å². The maximum Gasteiger partial charge on any atom is 0.234 e. The summed E-state index contributed by atoms with van der Waals surface area (Å²) in [5.41, 5.74) is 3.46. The summed E-state index contributed by atoms with van der Waals surface area (Å²) in [6, 6.07) is 14.5. The van der Waals surface area contributed by atoms with Crippen molar-refractivity contribution in [3.8, 4) is 5.75 Å². The van der Waals surface area contributed by atoms with Crippen LogP contribution in [-0.2, 0) is 10.5 Å². The zero-order valence-electron chi connectivity index (χ0n) is 14.7. The smallest absolute Gasteiger partial charge is 0.234 e. The van der Waals surface area contributed by atoms with Crippen LogP contribution in [0.4, 0.5) is 5.69 Å². The summed E-state index contributed by atoms with van der Waals surface area (Å²) in [5.74, 6) is 1.53. The highest BCUT2D eigenvalue weighted by Crippen LogP contribution is 2.17. The molecule has 0 bridgehead atoms. The molecule has 0 spiro atoms. The van der Waals surface area contributed by atoms with Crippen LogP contribution in [0.1, 0.15) is 11.3 Å². The van der Waals surface area contributed by atoms with Gasteiger partial charge in [0, 0.05) is 34.1 Å². The average molecular weight is 368 g/mol. The highest BCUT2D eigenvalue weighted by Gasteiger charge is 2.06. The number of amides is 1. The number of H-pyrrole nitrogens is 1. The van der Waals surface area contributed by atoms with Crippen molar-refractivity contribution in [1.29, 1.82) is 0 Å². The number of ether oxygens (including phenoxy) is 1. The van der Waals surface area contributed by atoms with Crippen LogP contribution in [0.25, 0.3) is 10.9 Å². The number of fused-ring (bicyclic) bond motifs is 1. The lowest BCUT2D eigenvalue weighted by Crippen LogP contribution is -2.14. The van der Waals surface area contributed by atoms with E-state index in [1.807, 2.05) is 25.1 Å². The molecule has 0 fully saturated rings. The number of aromatic nitrogens is 1. The maximum atomic E-state index is 12.2. The van der Waals surface area contributed by atoms with E-state index in [1.165, 1.54) is 11.8 Å². The van der Waals surface area contributed by atoms with Gasteiger partial charge < -0.3 is 15.0 Å². The number of anilines is 1. The van der Waals surface area contributed by atoms with Crippen LogP contribution >= 0.6 is 11.8 Å². The molecular weight excluding hydrogens is 348 g/mol. The predicted molar refractivity (Wildman–Crippen MR) is 107 cm³/mol. The zero-order valence-corrected chi connectivity index (χ0v) is 15.5. The number of benzene rings is 2. The second-order valence-corrected chi connectivity index (χ2v) is 6.96. The van der Waals surface area contributed by atoms with Crippen molar-refractivity contribution in [3.05, 3.63) is 70.0 Å². The quantitative estimate of drug-likeness (QED) is 0.696. The van der Waals surface area contributed by atoms with E-state index in [2.05, 4.69) is 10.3 Å². The number of pyridine rings is 1. The number of carbonyl (C=O) groups is 1. The van der Waals surface area contributed by atoms with Crippen LogP contribution in [0.15, 0.2) is 53.3 Å². The number of aromatic amines is 1. The van der Waals surface area contributed by atoms with Gasteiger partial charge in [0.2, 0.25) is 5.91 Å². The Morgan fingerprint density at radius 2 is 1.92 bits per heavy atom. The fraction of sp³-hybridized carbons (Fsp3) is 0.200. The number of hydrogen-bond acceptors (Lipinski definition) is 4. The standard InChI is InChI=1S/C20H20N2O3S/c1-13-3-8-17-18(9-13)21-15(10-19(17)23)11-26-12-20(24)22-14-4-6-16(25-2)7-5-14/h3-10H,11-12H2,1-2H3,(H,21,23)(H,22,24). The number of thioether (sulfide) groups is 1. The van der Waals surface area contributed by atoms with Crippen molar-refractivity contribution in [1.82, 2.24) is 4.98 Å². The van der Waals surface area contributed by atoms with Crippen LogP contribution in [0.2, 0.25) is 0 Å². The molecule has 2 N–H and O–H groups in total. The molecule has 2 aromatic carbocycles. The zero-order chi connectivity index (χ0) is 18.5. The average Bonchev–Trinajstić information content (AvgIpc) is 2.62. The topological polar surface area (TPSA) is 71.2 Å². The lowest BCUT2D eigenvalue weighted by Gasteiger charge is -2.07. The molecule has 26 heavy (non-hydrogen) atoms. The molecule has 3 aromatic rings. The SMILES string of the molecule is COc1ccc(NC(=O)CSCc2cc(=O)c3ccc(C)cc3[nH]2)cc1. The lowest BCUT2D eigenvalue weighted by molar-refractivity contribution is -0.113. The van der Waals surface area contributed by atoms with Gasteiger partial charge in [0.1, 0.15) is 5.75 Å². The summed E-state index contributed by atoms with van der Waals surface area (Å²) in [5, 5.41) is 3.52. The van der Waals surface area contributed by atoms with Crippen LogP contribution in [0.3, 0.4) is 0 Å². The molecule has 0 unspecified atom stereocenters. The predicted octanol–water partition coefficient (Wildman–Crippen LogP) is 3.72. The van der Waals surface area contributed by atoms with Crippen molar-refractivity contribution in [2.45, 2.75) is 12.7 Å². The van der Waals surface area contributed by atoms with E-state index in [9.17, 15) is 9.59 Å². The van der Waals surface area contributed by atoms with Crippen molar-refractivity contribution in [3.63, 3.8) is 0 Å². The van der Waals surface area contributed by atoms with Crippen LogP contribution in [-0.4, -0.2) is 23.8 Å². The van der Waals surface area contributed by atoms with Crippen LogP contribution < -0.4 is 15.5 Å². The monoisotopic (exact) mass is 368 g/mol. The molecule has 0 atom stereocenters. The Bertz CT molecular complexity index is 981. The van der Waals surface area contributed by atoms with E-state index >= 15 is 0 Å². The van der Waals surface area contributed by atoms with Gasteiger partial charge in [-0.25, -0.2) is 0 Å². The molecule has 0 aliphatic rings. The second-order valence-electron chi connectivity index (χ2n) is 5.98. The summed E-state index contributed by atoms with van der Waals surface area (Å²) >= 11 is 1.46. The Balaban J connectivity index is 1.57. The van der Waals surface area contributed by atoms with Gasteiger partial charge in [0.15, 0.2) is 5.43 Å². The summed E-state index contributed by atoms with van der Waals surface area (Å²) in [4.78, 5) is 27.5. The number of nitrogens with one attached hydrogen (secondary N) is 2. The van der Waals surface area contributed by atoms with Crippen molar-refractivity contribution in [2.75, 3.05) is 18.2 Å². The first-order valence-corrected chi connectivity index (χ1v) is 9.35. The molecule has 1 heterocycles. The number of rotatable bonds is 6. The van der Waals surface area contributed by atoms with Gasteiger partial charge in [0.25, 0.3) is 0 Å². The second kappa shape index (κ2) is 8.10. The van der Waals surface area contributed by atoms with Gasteiger partial charge in [-0.05, 0) is 48.9 Å². The van der Waals surface area contributed by atoms with E-state index in [4.69, 9.17) is 4.74 Å². The third kappa shape index (κ3) is 4.46. The molecule has 0 aliphatic carbocycles. The minimum absolute atomic E-state index is 0.00275. The number of carbonyl (C=O) groups excluding carboxylic acids is 1. The largest absolute Gasteiger partial charge is 0.497 e. The minimum atomic E-state index is -0.0841. The first-order chi connectivity index (χ1) is 12.5. The molecule has 5 nitrogen and oxygen atoms in total. The Labute approximate surface area is 155 Å². The van der Waals surface area contributed by atoms with Crippen molar-refractivity contribution >= 4 is 34.3 Å². The van der Waals surface area contributed by atoms with Gasteiger partial charge in [-0.2, -0.15) is 0 Å². The fourth-order valence-corrected chi connectivity index (χ4v) is 3.36. The first kappa shape index (κ1) is 18.1. The van der Waals surface area contributed by atoms with Crippen molar-refractivity contribution in [2.24, 2.45) is 0 Å². The van der Waals surface area contributed by atoms with Crippen LogP contribution in [0.5, 0.6) is 5.75 Å². The number of hydrogen-bond donors (Lipinski definition) is 2. The molecule has 134 valence electrons. The molecule has 0 saturated heterocycles. The fourth-order valence-electron chi connectivity index (χ4n) is 2.62. The molecule has 3 rings (SSSR count). The third-order valence-electron chi connectivity index (χ3n) is 3.91. The highest BCUT2D eigenvalue weighted by molar-refractivity contribution is 7.99. The molecule has 0 aliphatic heterocycles. The molecule has 1 aromatic heterocycles. The molecule has 0 radical (unpaired) electrons. The van der Waals surface area contributed by atoms with E-state index in [-0.39, 0.29) is 11.3 Å². The molecule has 1 amide bonds. The van der Waals surface area contributed by atoms with E-state index < -0.39 is 0 Å². The van der Waals surface area contributed by atoms with Gasteiger partial charge >= 0.3 is 0 Å². The van der Waals surface area contributed by atoms with Crippen molar-refractivity contribution < 1.29 is 9.53 Å². The number of aryl methyl sites for hydroxylation is 1. The van der Waals surface area contributed by atoms with Gasteiger partial charge in [0.05, 0.1) is 12.9 Å². The molecule has 6 heteroatoms. The Kier molecular flexibility index (Phi) is 5.63. The first-order valence-electron chi connectivity index (χ1n) is 8.19. The summed E-state index contributed by atoms with van der Waals surface area (Å²) in [7, 11) is 1.60. The summed E-state index contributed by atoms with van der Waals surface area (Å²) < 4.78 is 5.09. The maximum absolute atomic E-state index is 12.2. The summed E-state index contributed by atoms with van der Waals surface area (Å²) in [6.45, 7) is 1.99. The molecule has 0 saturated carbocycles.